The van der Waals surface area contributed by atoms with Gasteiger partial charge in [-0.2, -0.15) is 0 Å². The second-order valence-electron chi connectivity index (χ2n) is 6.39. The summed E-state index contributed by atoms with van der Waals surface area (Å²) in [5.74, 6) is 0.665. The van der Waals surface area contributed by atoms with Crippen LogP contribution >= 0.6 is 0 Å². The smallest absolute Gasteiger partial charge is 0.294 e. The average molecular weight is 355 g/mol. The number of nitrogens with zero attached hydrogens (tertiary/aromatic N) is 4. The summed E-state index contributed by atoms with van der Waals surface area (Å²) in [6.45, 7) is 2.50. The minimum absolute atomic E-state index is 0.132. The second kappa shape index (κ2) is 6.70. The third-order valence-corrected chi connectivity index (χ3v) is 4.53. The van der Waals surface area contributed by atoms with Crippen molar-refractivity contribution in [3.05, 3.63) is 47.4 Å². The standard InChI is InChI=1S/C18H18FN5O2/c1-11-10-20-26-16(11)18(25)21-12-6-7-14(19)13(9-12)17-23-22-15-5-3-2-4-8-24(15)17/h6-7,9-10H,2-5,8H2,1H3,(H,21,25). The maximum atomic E-state index is 14.5. The predicted molar refractivity (Wildman–Crippen MR) is 92.2 cm³/mol. The fraction of sp³-hybridized carbons (Fsp3) is 0.333. The second-order valence-corrected chi connectivity index (χ2v) is 6.39. The van der Waals surface area contributed by atoms with Gasteiger partial charge in [-0.05, 0) is 38.0 Å². The van der Waals surface area contributed by atoms with Crippen molar-refractivity contribution in [2.75, 3.05) is 5.32 Å². The fourth-order valence-corrected chi connectivity index (χ4v) is 3.16. The molecule has 1 N–H and O–H groups in total. The molecule has 3 heterocycles. The highest BCUT2D eigenvalue weighted by molar-refractivity contribution is 6.03. The number of nitrogens with one attached hydrogen (secondary N) is 1. The summed E-state index contributed by atoms with van der Waals surface area (Å²) in [4.78, 5) is 12.3. The van der Waals surface area contributed by atoms with E-state index in [1.807, 2.05) is 4.57 Å². The molecule has 0 bridgehead atoms. The highest BCUT2D eigenvalue weighted by Gasteiger charge is 2.20. The van der Waals surface area contributed by atoms with Gasteiger partial charge in [0.25, 0.3) is 5.91 Å². The van der Waals surface area contributed by atoms with Crippen LogP contribution in [-0.2, 0) is 13.0 Å². The lowest BCUT2D eigenvalue weighted by Crippen LogP contribution is -2.12. The molecular weight excluding hydrogens is 337 g/mol. The molecule has 1 aliphatic rings. The van der Waals surface area contributed by atoms with E-state index in [1.54, 1.807) is 13.0 Å². The maximum absolute atomic E-state index is 14.5. The molecule has 0 saturated carbocycles. The molecule has 2 aromatic heterocycles. The van der Waals surface area contributed by atoms with Gasteiger partial charge >= 0.3 is 0 Å². The molecule has 8 heteroatoms. The van der Waals surface area contributed by atoms with Gasteiger partial charge in [0.2, 0.25) is 5.76 Å². The number of anilines is 1. The zero-order valence-electron chi connectivity index (χ0n) is 14.3. The van der Waals surface area contributed by atoms with Gasteiger partial charge in [0.1, 0.15) is 11.6 Å². The summed E-state index contributed by atoms with van der Waals surface area (Å²) in [5.41, 5.74) is 1.40. The summed E-state index contributed by atoms with van der Waals surface area (Å²) in [7, 11) is 0. The Morgan fingerprint density at radius 2 is 2.15 bits per heavy atom. The van der Waals surface area contributed by atoms with E-state index in [4.69, 9.17) is 4.52 Å². The van der Waals surface area contributed by atoms with Crippen LogP contribution in [0.15, 0.2) is 28.9 Å². The topological polar surface area (TPSA) is 85.8 Å². The molecule has 7 nitrogen and oxygen atoms in total. The first-order valence-electron chi connectivity index (χ1n) is 8.58. The molecule has 0 radical (unpaired) electrons. The molecule has 0 spiro atoms. The van der Waals surface area contributed by atoms with E-state index in [0.29, 0.717) is 22.6 Å². The number of halogens is 1. The zero-order valence-corrected chi connectivity index (χ0v) is 14.3. The highest BCUT2D eigenvalue weighted by Crippen LogP contribution is 2.27. The SMILES string of the molecule is Cc1cnoc1C(=O)Nc1ccc(F)c(-c2nnc3n2CCCCC3)c1. The van der Waals surface area contributed by atoms with Crippen molar-refractivity contribution >= 4 is 11.6 Å². The lowest BCUT2D eigenvalue weighted by Gasteiger charge is -2.10. The third kappa shape index (κ3) is 2.98. The van der Waals surface area contributed by atoms with Crippen molar-refractivity contribution in [3.8, 4) is 11.4 Å². The Morgan fingerprint density at radius 3 is 2.96 bits per heavy atom. The highest BCUT2D eigenvalue weighted by atomic mass is 19.1. The molecule has 1 aromatic carbocycles. The van der Waals surface area contributed by atoms with Crippen molar-refractivity contribution in [1.82, 2.24) is 19.9 Å². The van der Waals surface area contributed by atoms with Crippen LogP contribution in [0.4, 0.5) is 10.1 Å². The van der Waals surface area contributed by atoms with Gasteiger partial charge in [-0.25, -0.2) is 4.39 Å². The number of rotatable bonds is 3. The van der Waals surface area contributed by atoms with Crippen molar-refractivity contribution in [3.63, 3.8) is 0 Å². The monoisotopic (exact) mass is 355 g/mol. The van der Waals surface area contributed by atoms with Crippen LogP contribution in [0.2, 0.25) is 0 Å². The molecule has 4 rings (SSSR count). The number of benzene rings is 1. The molecule has 0 atom stereocenters. The predicted octanol–water partition coefficient (Wildman–Crippen LogP) is 3.36. The van der Waals surface area contributed by atoms with Crippen LogP contribution in [0.25, 0.3) is 11.4 Å². The minimum Gasteiger partial charge on any atom is -0.351 e. The van der Waals surface area contributed by atoms with Gasteiger partial charge in [-0.15, -0.1) is 10.2 Å². The van der Waals surface area contributed by atoms with E-state index in [0.717, 1.165) is 38.1 Å². The van der Waals surface area contributed by atoms with Crippen LogP contribution in [-0.4, -0.2) is 25.8 Å². The van der Waals surface area contributed by atoms with E-state index in [-0.39, 0.29) is 5.76 Å². The molecule has 1 amide bonds. The third-order valence-electron chi connectivity index (χ3n) is 4.53. The van der Waals surface area contributed by atoms with Crippen molar-refractivity contribution in [1.29, 1.82) is 0 Å². The Morgan fingerprint density at radius 1 is 1.27 bits per heavy atom. The quantitative estimate of drug-likeness (QED) is 0.778. The van der Waals surface area contributed by atoms with Crippen LogP contribution in [0, 0.1) is 12.7 Å². The Balaban J connectivity index is 1.66. The molecule has 26 heavy (non-hydrogen) atoms. The first kappa shape index (κ1) is 16.4. The Hall–Kier alpha value is -3.03. The lowest BCUT2D eigenvalue weighted by molar-refractivity contribution is 0.0987. The maximum Gasteiger partial charge on any atom is 0.294 e. The number of carbonyl (C=O) groups is 1. The van der Waals surface area contributed by atoms with Gasteiger partial charge in [-0.3, -0.25) is 4.79 Å². The van der Waals surface area contributed by atoms with Gasteiger partial charge in [-0.1, -0.05) is 11.6 Å². The number of amides is 1. The van der Waals surface area contributed by atoms with Crippen LogP contribution in [0.3, 0.4) is 0 Å². The number of fused-ring (bicyclic) bond motifs is 1. The normalized spacial score (nSPS) is 13.9. The summed E-state index contributed by atoms with van der Waals surface area (Å²) < 4.78 is 21.4. The molecule has 0 saturated heterocycles. The van der Waals surface area contributed by atoms with Gasteiger partial charge < -0.3 is 14.4 Å². The van der Waals surface area contributed by atoms with Gasteiger partial charge in [0, 0.05) is 24.2 Å². The summed E-state index contributed by atoms with van der Waals surface area (Å²) >= 11 is 0. The Bertz CT molecular complexity index is 962. The zero-order chi connectivity index (χ0) is 18.1. The van der Waals surface area contributed by atoms with Crippen LogP contribution < -0.4 is 5.32 Å². The van der Waals surface area contributed by atoms with E-state index < -0.39 is 11.7 Å². The number of aromatic nitrogens is 4. The molecule has 3 aromatic rings. The first-order chi connectivity index (χ1) is 12.6. The van der Waals surface area contributed by atoms with Crippen molar-refractivity contribution in [2.45, 2.75) is 39.2 Å². The largest absolute Gasteiger partial charge is 0.351 e. The van der Waals surface area contributed by atoms with Gasteiger partial charge in [0.15, 0.2) is 5.82 Å². The number of carbonyl (C=O) groups excluding carboxylic acids is 1. The Labute approximate surface area is 149 Å². The number of aryl methyl sites for hydroxylation is 2. The van der Waals surface area contributed by atoms with Crippen LogP contribution in [0.5, 0.6) is 0 Å². The van der Waals surface area contributed by atoms with E-state index in [2.05, 4.69) is 20.7 Å². The van der Waals surface area contributed by atoms with Gasteiger partial charge in [0.05, 0.1) is 11.8 Å². The minimum atomic E-state index is -0.433. The lowest BCUT2D eigenvalue weighted by atomic mass is 10.1. The molecule has 134 valence electrons. The van der Waals surface area contributed by atoms with E-state index >= 15 is 0 Å². The van der Waals surface area contributed by atoms with E-state index in [9.17, 15) is 9.18 Å². The molecule has 0 fully saturated rings. The molecular formula is C18H18FN5O2. The van der Waals surface area contributed by atoms with Crippen molar-refractivity contribution in [2.24, 2.45) is 0 Å². The van der Waals surface area contributed by atoms with E-state index in [1.165, 1.54) is 18.3 Å². The molecule has 0 unspecified atom stereocenters. The van der Waals surface area contributed by atoms with Crippen molar-refractivity contribution < 1.29 is 13.7 Å². The molecule has 1 aliphatic heterocycles. The molecule has 0 aliphatic carbocycles. The number of hydrogen-bond donors (Lipinski definition) is 1. The van der Waals surface area contributed by atoms with Crippen LogP contribution in [0.1, 0.15) is 41.2 Å². The fourth-order valence-electron chi connectivity index (χ4n) is 3.16. The summed E-state index contributed by atoms with van der Waals surface area (Å²) in [6.07, 6.45) is 5.51. The Kier molecular flexibility index (Phi) is 4.24. The summed E-state index contributed by atoms with van der Waals surface area (Å²) in [6, 6.07) is 4.39. The first-order valence-corrected chi connectivity index (χ1v) is 8.58. The number of hydrogen-bond acceptors (Lipinski definition) is 5. The summed E-state index contributed by atoms with van der Waals surface area (Å²) in [5, 5.41) is 14.7. The average Bonchev–Trinajstić information content (AvgIpc) is 3.16.